The SMILES string of the molecule is O=C(COc1cccc(F)c1)c1ccc(F)cc1. The summed E-state index contributed by atoms with van der Waals surface area (Å²) >= 11 is 0. The molecule has 0 spiro atoms. The number of Topliss-reactive ketones (excluding diaryl/α,β-unsaturated/α-hetero) is 1. The highest BCUT2D eigenvalue weighted by molar-refractivity contribution is 5.97. The fourth-order valence-corrected chi connectivity index (χ4v) is 1.42. The summed E-state index contributed by atoms with van der Waals surface area (Å²) in [7, 11) is 0. The van der Waals surface area contributed by atoms with Gasteiger partial charge in [-0.25, -0.2) is 8.78 Å². The first-order chi connectivity index (χ1) is 8.65. The lowest BCUT2D eigenvalue weighted by Gasteiger charge is -2.05. The van der Waals surface area contributed by atoms with Crippen molar-refractivity contribution in [2.24, 2.45) is 0 Å². The summed E-state index contributed by atoms with van der Waals surface area (Å²) < 4.78 is 30.7. The molecule has 0 aliphatic carbocycles. The minimum atomic E-state index is -0.429. The number of benzene rings is 2. The molecule has 0 fully saturated rings. The molecule has 2 aromatic rings. The summed E-state index contributed by atoms with van der Waals surface area (Å²) in [6.45, 7) is -0.213. The first-order valence-electron chi connectivity index (χ1n) is 5.32. The molecule has 0 radical (unpaired) electrons. The third-order valence-electron chi connectivity index (χ3n) is 2.33. The van der Waals surface area contributed by atoms with Crippen LogP contribution in [0.3, 0.4) is 0 Å². The molecule has 0 aromatic heterocycles. The van der Waals surface area contributed by atoms with Gasteiger partial charge < -0.3 is 4.74 Å². The maximum absolute atomic E-state index is 12.9. The molecule has 0 aliphatic rings. The molecule has 0 saturated heterocycles. The Balaban J connectivity index is 1.98. The maximum atomic E-state index is 12.9. The summed E-state index contributed by atoms with van der Waals surface area (Å²) in [4.78, 5) is 11.7. The largest absolute Gasteiger partial charge is 0.485 e. The van der Waals surface area contributed by atoms with Gasteiger partial charge in [0, 0.05) is 11.6 Å². The zero-order valence-corrected chi connectivity index (χ0v) is 9.40. The van der Waals surface area contributed by atoms with Gasteiger partial charge in [-0.15, -0.1) is 0 Å². The fraction of sp³-hybridized carbons (Fsp3) is 0.0714. The van der Waals surface area contributed by atoms with E-state index in [1.807, 2.05) is 0 Å². The number of hydrogen-bond acceptors (Lipinski definition) is 2. The minimum Gasteiger partial charge on any atom is -0.485 e. The molecule has 0 unspecified atom stereocenters. The maximum Gasteiger partial charge on any atom is 0.200 e. The first kappa shape index (κ1) is 12.2. The lowest BCUT2D eigenvalue weighted by molar-refractivity contribution is 0.0921. The van der Waals surface area contributed by atoms with Crippen LogP contribution in [0.2, 0.25) is 0 Å². The number of ketones is 1. The molecule has 18 heavy (non-hydrogen) atoms. The van der Waals surface area contributed by atoms with Crippen LogP contribution in [0.5, 0.6) is 5.75 Å². The van der Waals surface area contributed by atoms with E-state index < -0.39 is 11.6 Å². The van der Waals surface area contributed by atoms with Crippen molar-refractivity contribution in [3.8, 4) is 5.75 Å². The molecule has 0 heterocycles. The highest BCUT2D eigenvalue weighted by Gasteiger charge is 2.07. The van der Waals surface area contributed by atoms with Crippen LogP contribution in [0.1, 0.15) is 10.4 Å². The molecule has 4 heteroatoms. The van der Waals surface area contributed by atoms with Gasteiger partial charge in [-0.1, -0.05) is 6.07 Å². The van der Waals surface area contributed by atoms with Gasteiger partial charge in [-0.05, 0) is 36.4 Å². The average molecular weight is 248 g/mol. The van der Waals surface area contributed by atoms with E-state index in [2.05, 4.69) is 0 Å². The van der Waals surface area contributed by atoms with Crippen LogP contribution in [-0.4, -0.2) is 12.4 Å². The van der Waals surface area contributed by atoms with Crippen molar-refractivity contribution in [2.45, 2.75) is 0 Å². The van der Waals surface area contributed by atoms with Crippen LogP contribution in [-0.2, 0) is 0 Å². The van der Waals surface area contributed by atoms with Crippen LogP contribution in [0.4, 0.5) is 8.78 Å². The Morgan fingerprint density at radius 2 is 1.72 bits per heavy atom. The van der Waals surface area contributed by atoms with Crippen molar-refractivity contribution in [2.75, 3.05) is 6.61 Å². The number of hydrogen-bond donors (Lipinski definition) is 0. The summed E-state index contributed by atoms with van der Waals surface area (Å²) in [5.74, 6) is -0.843. The Morgan fingerprint density at radius 3 is 2.39 bits per heavy atom. The van der Waals surface area contributed by atoms with E-state index in [-0.39, 0.29) is 18.1 Å². The molecule has 0 amide bonds. The van der Waals surface area contributed by atoms with Crippen molar-refractivity contribution in [3.05, 3.63) is 65.7 Å². The van der Waals surface area contributed by atoms with Crippen molar-refractivity contribution >= 4 is 5.78 Å². The second-order valence-corrected chi connectivity index (χ2v) is 3.68. The van der Waals surface area contributed by atoms with Crippen LogP contribution < -0.4 is 4.74 Å². The van der Waals surface area contributed by atoms with Crippen LogP contribution in [0, 0.1) is 11.6 Å². The molecule has 92 valence electrons. The molecule has 0 saturated carbocycles. The standard InChI is InChI=1S/C14H10F2O2/c15-11-6-4-10(5-7-11)14(17)9-18-13-3-1-2-12(16)8-13/h1-8H,9H2. The van der Waals surface area contributed by atoms with Gasteiger partial charge in [0.05, 0.1) is 0 Å². The molecule has 0 bridgehead atoms. The normalized spacial score (nSPS) is 10.1. The molecule has 2 aromatic carbocycles. The van der Waals surface area contributed by atoms with Gasteiger partial charge in [-0.3, -0.25) is 4.79 Å². The predicted octanol–water partition coefficient (Wildman–Crippen LogP) is 3.23. The third-order valence-corrected chi connectivity index (χ3v) is 2.33. The molecular weight excluding hydrogens is 238 g/mol. The third kappa shape index (κ3) is 3.13. The molecule has 0 N–H and O–H groups in total. The van der Waals surface area contributed by atoms with Gasteiger partial charge in [0.15, 0.2) is 12.4 Å². The Bertz CT molecular complexity index is 550. The summed E-state index contributed by atoms with van der Waals surface area (Å²) in [5.41, 5.74) is 0.354. The van der Waals surface area contributed by atoms with E-state index >= 15 is 0 Å². The predicted molar refractivity (Wildman–Crippen MR) is 62.6 cm³/mol. The highest BCUT2D eigenvalue weighted by atomic mass is 19.1. The molecule has 2 rings (SSSR count). The van der Waals surface area contributed by atoms with Gasteiger partial charge >= 0.3 is 0 Å². The van der Waals surface area contributed by atoms with E-state index in [4.69, 9.17) is 4.74 Å². The fourth-order valence-electron chi connectivity index (χ4n) is 1.42. The number of ether oxygens (including phenoxy) is 1. The zero-order valence-electron chi connectivity index (χ0n) is 9.40. The van der Waals surface area contributed by atoms with E-state index in [1.165, 1.54) is 42.5 Å². The first-order valence-corrected chi connectivity index (χ1v) is 5.32. The zero-order chi connectivity index (χ0) is 13.0. The van der Waals surface area contributed by atoms with Crippen molar-refractivity contribution in [3.63, 3.8) is 0 Å². The number of carbonyl (C=O) groups excluding carboxylic acids is 1. The van der Waals surface area contributed by atoms with E-state index in [0.29, 0.717) is 5.56 Å². The van der Waals surface area contributed by atoms with Crippen LogP contribution in [0.25, 0.3) is 0 Å². The quantitative estimate of drug-likeness (QED) is 0.776. The van der Waals surface area contributed by atoms with Gasteiger partial charge in [0.1, 0.15) is 17.4 Å². The summed E-state index contributed by atoms with van der Waals surface area (Å²) in [6.07, 6.45) is 0. The van der Waals surface area contributed by atoms with E-state index in [1.54, 1.807) is 6.07 Å². The Kier molecular flexibility index (Phi) is 3.67. The topological polar surface area (TPSA) is 26.3 Å². The van der Waals surface area contributed by atoms with Gasteiger partial charge in [-0.2, -0.15) is 0 Å². The van der Waals surface area contributed by atoms with E-state index in [9.17, 15) is 13.6 Å². The molecule has 2 nitrogen and oxygen atoms in total. The summed E-state index contributed by atoms with van der Waals surface area (Å²) in [5, 5.41) is 0. The minimum absolute atomic E-state index is 0.213. The monoisotopic (exact) mass is 248 g/mol. The Labute approximate surface area is 103 Å². The molecular formula is C14H10F2O2. The molecule has 0 atom stereocenters. The number of rotatable bonds is 4. The lowest BCUT2D eigenvalue weighted by Crippen LogP contribution is -2.11. The van der Waals surface area contributed by atoms with Gasteiger partial charge in [0.2, 0.25) is 0 Å². The number of halogens is 2. The smallest absolute Gasteiger partial charge is 0.200 e. The number of carbonyl (C=O) groups is 1. The van der Waals surface area contributed by atoms with Crippen LogP contribution in [0.15, 0.2) is 48.5 Å². The van der Waals surface area contributed by atoms with E-state index in [0.717, 1.165) is 0 Å². The lowest BCUT2D eigenvalue weighted by atomic mass is 10.1. The van der Waals surface area contributed by atoms with Gasteiger partial charge in [0.25, 0.3) is 0 Å². The van der Waals surface area contributed by atoms with Crippen LogP contribution >= 0.6 is 0 Å². The Hall–Kier alpha value is -2.23. The summed E-state index contributed by atoms with van der Waals surface area (Å²) in [6, 6.07) is 10.7. The van der Waals surface area contributed by atoms with Crippen molar-refractivity contribution in [1.29, 1.82) is 0 Å². The molecule has 0 aliphatic heterocycles. The van der Waals surface area contributed by atoms with Crippen molar-refractivity contribution in [1.82, 2.24) is 0 Å². The average Bonchev–Trinajstić information content (AvgIpc) is 2.37. The Morgan fingerprint density at radius 1 is 1.00 bits per heavy atom. The highest BCUT2D eigenvalue weighted by Crippen LogP contribution is 2.12. The second-order valence-electron chi connectivity index (χ2n) is 3.68. The second kappa shape index (κ2) is 5.40. The van der Waals surface area contributed by atoms with Crippen molar-refractivity contribution < 1.29 is 18.3 Å².